The predicted molar refractivity (Wildman–Crippen MR) is 265 cm³/mol. The molecule has 10 aromatic carbocycles. The van der Waals surface area contributed by atoms with Crippen molar-refractivity contribution in [3.8, 4) is 33.4 Å². The molecule has 3 heteroatoms. The van der Waals surface area contributed by atoms with E-state index in [9.17, 15) is 0 Å². The van der Waals surface area contributed by atoms with Gasteiger partial charge in [0.2, 0.25) is 0 Å². The lowest BCUT2D eigenvalue weighted by molar-refractivity contribution is 0.669. The first-order chi connectivity index (χ1) is 31.8. The van der Waals surface area contributed by atoms with E-state index >= 15 is 0 Å². The van der Waals surface area contributed by atoms with Crippen LogP contribution in [0.5, 0.6) is 0 Å². The van der Waals surface area contributed by atoms with Gasteiger partial charge in [-0.3, -0.25) is 0 Å². The molecule has 1 aliphatic carbocycles. The fraction of sp³-hybridized carbons (Fsp3) is 0.0164. The van der Waals surface area contributed by atoms with Gasteiger partial charge in [0, 0.05) is 33.4 Å². The molecule has 1 aromatic heterocycles. The lowest BCUT2D eigenvalue weighted by Crippen LogP contribution is -2.36. The van der Waals surface area contributed by atoms with Crippen LogP contribution < -0.4 is 9.80 Å². The molecular formula is C61H40N2O. The van der Waals surface area contributed by atoms with Gasteiger partial charge in [0.1, 0.15) is 11.2 Å². The third-order valence-electron chi connectivity index (χ3n) is 13.4. The van der Waals surface area contributed by atoms with Crippen LogP contribution in [0.2, 0.25) is 0 Å². The molecule has 2 aliphatic rings. The van der Waals surface area contributed by atoms with Crippen molar-refractivity contribution in [2.75, 3.05) is 9.80 Å². The molecular weight excluding hydrogens is 777 g/mol. The lowest BCUT2D eigenvalue weighted by atomic mass is 9.64. The Hall–Kier alpha value is -8.40. The minimum absolute atomic E-state index is 0.597. The monoisotopic (exact) mass is 816 g/mol. The SMILES string of the molecule is c1ccc(-c2cccc(-c3ccccc3N(c3ccc4c(c3)C3(c5ccccc5-4)c4ccccc4N(c4ccccc4)c4ccccc43)c3ccc4oc5ccccc5c4c3)c2)cc1. The Morgan fingerprint density at radius 2 is 0.906 bits per heavy atom. The summed E-state index contributed by atoms with van der Waals surface area (Å²) in [6.07, 6.45) is 0. The van der Waals surface area contributed by atoms with Gasteiger partial charge in [-0.15, -0.1) is 0 Å². The number of rotatable bonds is 6. The molecule has 3 nitrogen and oxygen atoms in total. The van der Waals surface area contributed by atoms with Crippen molar-refractivity contribution in [3.63, 3.8) is 0 Å². The maximum atomic E-state index is 6.40. The van der Waals surface area contributed by atoms with E-state index in [2.05, 4.69) is 246 Å². The van der Waals surface area contributed by atoms with Crippen LogP contribution in [0.15, 0.2) is 247 Å². The highest BCUT2D eigenvalue weighted by Crippen LogP contribution is 2.64. The highest BCUT2D eigenvalue weighted by Gasteiger charge is 2.51. The molecule has 0 saturated heterocycles. The molecule has 1 aliphatic heterocycles. The number of anilines is 6. The minimum Gasteiger partial charge on any atom is -0.456 e. The molecule has 64 heavy (non-hydrogen) atoms. The summed E-state index contributed by atoms with van der Waals surface area (Å²) in [4.78, 5) is 4.90. The average molecular weight is 817 g/mol. The Balaban J connectivity index is 1.08. The molecule has 0 radical (unpaired) electrons. The third-order valence-corrected chi connectivity index (χ3v) is 13.4. The van der Waals surface area contributed by atoms with Crippen LogP contribution in [0.4, 0.5) is 34.1 Å². The number of fused-ring (bicyclic) bond motifs is 12. The molecule has 13 rings (SSSR count). The van der Waals surface area contributed by atoms with Gasteiger partial charge in [-0.25, -0.2) is 0 Å². The van der Waals surface area contributed by atoms with Gasteiger partial charge in [-0.2, -0.15) is 0 Å². The Labute approximate surface area is 372 Å². The molecule has 300 valence electrons. The van der Waals surface area contributed by atoms with Gasteiger partial charge in [0.05, 0.1) is 22.5 Å². The molecule has 1 spiro atoms. The summed E-state index contributed by atoms with van der Waals surface area (Å²) in [5.74, 6) is 0. The van der Waals surface area contributed by atoms with E-state index < -0.39 is 5.41 Å². The summed E-state index contributed by atoms with van der Waals surface area (Å²) in [5, 5.41) is 2.19. The standard InChI is InChI=1S/C61H40N2O/c1-3-18-41(19-4-1)42-20-17-21-43(38-42)47-24-8-13-30-56(47)62(45-35-37-60-51(39-45)50-26-9-16-33-59(50)64-60)46-34-36-49-48-25-7-10-27-52(48)61(55(49)40-46)53-28-11-14-31-57(53)63(44-22-5-2-6-23-44)58-32-15-12-29-54(58)61/h1-40H. The van der Waals surface area contributed by atoms with E-state index in [0.717, 1.165) is 55.8 Å². The van der Waals surface area contributed by atoms with Gasteiger partial charge in [0.25, 0.3) is 0 Å². The fourth-order valence-corrected chi connectivity index (χ4v) is 10.8. The van der Waals surface area contributed by atoms with Crippen LogP contribution in [0.25, 0.3) is 55.3 Å². The molecule has 0 unspecified atom stereocenters. The Morgan fingerprint density at radius 3 is 1.70 bits per heavy atom. The second kappa shape index (κ2) is 14.3. The van der Waals surface area contributed by atoms with Gasteiger partial charge >= 0.3 is 0 Å². The van der Waals surface area contributed by atoms with Crippen molar-refractivity contribution in [3.05, 3.63) is 265 Å². The lowest BCUT2D eigenvalue weighted by Gasteiger charge is -2.45. The van der Waals surface area contributed by atoms with Gasteiger partial charge in [-0.1, -0.05) is 170 Å². The molecule has 0 saturated carbocycles. The highest BCUT2D eigenvalue weighted by molar-refractivity contribution is 6.07. The van der Waals surface area contributed by atoms with Crippen LogP contribution in [0.3, 0.4) is 0 Å². The smallest absolute Gasteiger partial charge is 0.135 e. The summed E-state index contributed by atoms with van der Waals surface area (Å²) in [6.45, 7) is 0. The number of furan rings is 1. The number of hydrogen-bond donors (Lipinski definition) is 0. The first-order valence-corrected chi connectivity index (χ1v) is 22.0. The van der Waals surface area contributed by atoms with Crippen molar-refractivity contribution in [1.82, 2.24) is 0 Å². The van der Waals surface area contributed by atoms with Crippen LogP contribution in [0.1, 0.15) is 22.3 Å². The second-order valence-corrected chi connectivity index (χ2v) is 16.8. The largest absolute Gasteiger partial charge is 0.456 e. The Morgan fingerprint density at radius 1 is 0.344 bits per heavy atom. The quantitative estimate of drug-likeness (QED) is 0.167. The molecule has 0 amide bonds. The highest BCUT2D eigenvalue weighted by atomic mass is 16.3. The van der Waals surface area contributed by atoms with E-state index in [1.165, 1.54) is 55.9 Å². The van der Waals surface area contributed by atoms with Crippen LogP contribution in [0, 0.1) is 0 Å². The van der Waals surface area contributed by atoms with E-state index in [0.29, 0.717) is 0 Å². The minimum atomic E-state index is -0.597. The van der Waals surface area contributed by atoms with E-state index in [1.54, 1.807) is 0 Å². The molecule has 0 bridgehead atoms. The summed E-state index contributed by atoms with van der Waals surface area (Å²) < 4.78 is 6.40. The van der Waals surface area contributed by atoms with Crippen LogP contribution in [-0.2, 0) is 5.41 Å². The number of nitrogens with zero attached hydrogens (tertiary/aromatic N) is 2. The first kappa shape index (κ1) is 36.3. The summed E-state index contributed by atoms with van der Waals surface area (Å²) in [7, 11) is 0. The van der Waals surface area contributed by atoms with Gasteiger partial charge in [-0.05, 0) is 123 Å². The summed E-state index contributed by atoms with van der Waals surface area (Å²) in [6, 6.07) is 88.5. The maximum absolute atomic E-state index is 6.40. The first-order valence-electron chi connectivity index (χ1n) is 22.0. The topological polar surface area (TPSA) is 19.6 Å². The fourth-order valence-electron chi connectivity index (χ4n) is 10.8. The van der Waals surface area contributed by atoms with Crippen molar-refractivity contribution >= 4 is 56.1 Å². The second-order valence-electron chi connectivity index (χ2n) is 16.8. The van der Waals surface area contributed by atoms with E-state index in [4.69, 9.17) is 4.42 Å². The number of para-hydroxylation sites is 5. The number of benzene rings is 10. The van der Waals surface area contributed by atoms with Gasteiger partial charge < -0.3 is 14.2 Å². The molecule has 0 N–H and O–H groups in total. The number of hydrogen-bond acceptors (Lipinski definition) is 3. The Kier molecular flexibility index (Phi) is 8.13. The molecule has 0 atom stereocenters. The van der Waals surface area contributed by atoms with Crippen molar-refractivity contribution in [2.24, 2.45) is 0 Å². The maximum Gasteiger partial charge on any atom is 0.135 e. The van der Waals surface area contributed by atoms with Crippen molar-refractivity contribution < 1.29 is 4.42 Å². The van der Waals surface area contributed by atoms with E-state index in [1.807, 2.05) is 6.07 Å². The van der Waals surface area contributed by atoms with Crippen LogP contribution in [-0.4, -0.2) is 0 Å². The Bertz CT molecular complexity index is 3540. The summed E-state index contributed by atoms with van der Waals surface area (Å²) >= 11 is 0. The van der Waals surface area contributed by atoms with Crippen LogP contribution >= 0.6 is 0 Å². The molecule has 0 fully saturated rings. The normalized spacial score (nSPS) is 13.1. The van der Waals surface area contributed by atoms with Crippen molar-refractivity contribution in [2.45, 2.75) is 5.41 Å². The zero-order valence-electron chi connectivity index (χ0n) is 34.9. The van der Waals surface area contributed by atoms with Gasteiger partial charge in [0.15, 0.2) is 0 Å². The van der Waals surface area contributed by atoms with Crippen molar-refractivity contribution in [1.29, 1.82) is 0 Å². The molecule has 11 aromatic rings. The predicted octanol–water partition coefficient (Wildman–Crippen LogP) is 16.5. The summed E-state index contributed by atoms with van der Waals surface area (Å²) in [5.41, 5.74) is 20.1. The zero-order valence-corrected chi connectivity index (χ0v) is 34.9. The zero-order chi connectivity index (χ0) is 42.2. The average Bonchev–Trinajstić information content (AvgIpc) is 3.88. The van der Waals surface area contributed by atoms with E-state index in [-0.39, 0.29) is 0 Å². The third kappa shape index (κ3) is 5.34. The molecule has 2 heterocycles.